The number of para-hydroxylation sites is 1. The first-order valence-corrected chi connectivity index (χ1v) is 13.3. The van der Waals surface area contributed by atoms with Crippen molar-refractivity contribution in [3.05, 3.63) is 60.2 Å². The fourth-order valence-corrected chi connectivity index (χ4v) is 6.81. The zero-order valence-electron chi connectivity index (χ0n) is 21.9. The SMILES string of the molecule is C[C@H](CO)N1C(=O)[C@@H]2[C@@H](C(=O)NCc3ccccc3)[C@@]3(C)CCC2(O3)C1C(=O)NCn1nnc2ccccc21. The number of nitrogens with one attached hydrogen (secondary N) is 2. The third-order valence-electron chi connectivity index (χ3n) is 8.62. The summed E-state index contributed by atoms with van der Waals surface area (Å²) in [4.78, 5) is 42.8. The molecule has 2 aromatic carbocycles. The maximum absolute atomic E-state index is 14.0. The summed E-state index contributed by atoms with van der Waals surface area (Å²) < 4.78 is 8.17. The van der Waals surface area contributed by atoms with Crippen LogP contribution in [0, 0.1) is 11.8 Å². The van der Waals surface area contributed by atoms with Gasteiger partial charge in [0.2, 0.25) is 17.7 Å². The van der Waals surface area contributed by atoms with Gasteiger partial charge < -0.3 is 25.4 Å². The maximum Gasteiger partial charge on any atom is 0.247 e. The number of likely N-dealkylation sites (tertiary alicyclic amines) is 1. The van der Waals surface area contributed by atoms with Gasteiger partial charge in [-0.1, -0.05) is 47.7 Å². The molecule has 6 atom stereocenters. The molecule has 11 heteroatoms. The second-order valence-electron chi connectivity index (χ2n) is 11.0. The summed E-state index contributed by atoms with van der Waals surface area (Å²) in [5, 5.41) is 24.2. The molecule has 1 aromatic heterocycles. The Balaban J connectivity index is 1.28. The summed E-state index contributed by atoms with van der Waals surface area (Å²) in [5.74, 6) is -2.61. The minimum atomic E-state index is -1.17. The van der Waals surface area contributed by atoms with Gasteiger partial charge in [0.1, 0.15) is 23.8 Å². The monoisotopic (exact) mass is 532 g/mol. The molecule has 3 amide bonds. The highest BCUT2D eigenvalue weighted by Crippen LogP contribution is 2.63. The number of carbonyl (C=O) groups excluding carboxylic acids is 3. The molecule has 204 valence electrons. The van der Waals surface area contributed by atoms with Crippen LogP contribution in [0.5, 0.6) is 0 Å². The van der Waals surface area contributed by atoms with Crippen LogP contribution in [0.1, 0.15) is 32.3 Å². The number of rotatable bonds is 8. The normalized spacial score (nSPS) is 30.0. The molecule has 3 saturated heterocycles. The number of ether oxygens (including phenoxy) is 1. The second-order valence-corrected chi connectivity index (χ2v) is 11.0. The standard InChI is InChI=1S/C28H32N6O5/c1-17(15-35)34-23(25(37)30-16-33-20-11-7-6-10-19(20)31-32-33)28-13-12-27(2,39-28)21(22(28)26(34)38)24(36)29-14-18-8-4-3-5-9-18/h3-11,17,21-23,35H,12-16H2,1-2H3,(H,29,36)(H,30,37)/t17-,21+,22+,23?,27-,28?/m1/s1. The molecule has 0 saturated carbocycles. The lowest BCUT2D eigenvalue weighted by Crippen LogP contribution is -2.57. The molecule has 3 aliphatic rings. The van der Waals surface area contributed by atoms with Gasteiger partial charge in [-0.25, -0.2) is 4.68 Å². The third-order valence-corrected chi connectivity index (χ3v) is 8.62. The predicted octanol–water partition coefficient (Wildman–Crippen LogP) is 0.967. The molecule has 3 fully saturated rings. The van der Waals surface area contributed by atoms with Gasteiger partial charge in [-0.3, -0.25) is 14.4 Å². The molecule has 3 aliphatic heterocycles. The van der Waals surface area contributed by atoms with Gasteiger partial charge in [0, 0.05) is 6.54 Å². The van der Waals surface area contributed by atoms with Gasteiger partial charge in [-0.15, -0.1) is 5.10 Å². The highest BCUT2D eigenvalue weighted by atomic mass is 16.5. The van der Waals surface area contributed by atoms with Crippen molar-refractivity contribution in [1.82, 2.24) is 30.5 Å². The molecule has 4 heterocycles. The van der Waals surface area contributed by atoms with E-state index >= 15 is 0 Å². The molecule has 2 bridgehead atoms. The number of benzene rings is 2. The predicted molar refractivity (Wildman–Crippen MR) is 140 cm³/mol. The number of aliphatic hydroxyl groups excluding tert-OH is 1. The van der Waals surface area contributed by atoms with E-state index in [4.69, 9.17) is 4.74 Å². The topological polar surface area (TPSA) is 139 Å². The van der Waals surface area contributed by atoms with Gasteiger partial charge >= 0.3 is 0 Å². The minimum Gasteiger partial charge on any atom is -0.394 e. The fraction of sp³-hybridized carbons (Fsp3) is 0.464. The van der Waals surface area contributed by atoms with E-state index in [9.17, 15) is 19.5 Å². The summed E-state index contributed by atoms with van der Waals surface area (Å²) in [6.07, 6.45) is 1.00. The third kappa shape index (κ3) is 3.90. The van der Waals surface area contributed by atoms with Gasteiger partial charge in [-0.2, -0.15) is 0 Å². The average molecular weight is 533 g/mol. The summed E-state index contributed by atoms with van der Waals surface area (Å²) in [7, 11) is 0. The summed E-state index contributed by atoms with van der Waals surface area (Å²) in [6, 6.07) is 15.3. The van der Waals surface area contributed by atoms with Crippen LogP contribution >= 0.6 is 0 Å². The fourth-order valence-electron chi connectivity index (χ4n) is 6.81. The molecule has 1 spiro atoms. The number of hydrogen-bond donors (Lipinski definition) is 3. The molecule has 3 aromatic rings. The van der Waals surface area contributed by atoms with Crippen LogP contribution in [-0.2, 0) is 32.3 Å². The van der Waals surface area contributed by atoms with E-state index in [0.29, 0.717) is 24.9 Å². The van der Waals surface area contributed by atoms with Crippen molar-refractivity contribution in [3.8, 4) is 0 Å². The smallest absolute Gasteiger partial charge is 0.247 e. The van der Waals surface area contributed by atoms with Crippen molar-refractivity contribution in [2.75, 3.05) is 6.61 Å². The molecular formula is C28H32N6O5. The quantitative estimate of drug-likeness (QED) is 0.393. The Bertz CT molecular complexity index is 1430. The van der Waals surface area contributed by atoms with E-state index in [2.05, 4.69) is 20.9 Å². The Morgan fingerprint density at radius 1 is 1.10 bits per heavy atom. The Hall–Kier alpha value is -3.83. The number of fused-ring (bicyclic) bond motifs is 2. The molecule has 0 radical (unpaired) electrons. The van der Waals surface area contributed by atoms with Crippen LogP contribution in [0.3, 0.4) is 0 Å². The van der Waals surface area contributed by atoms with E-state index in [1.54, 1.807) is 11.6 Å². The van der Waals surface area contributed by atoms with Crippen LogP contribution < -0.4 is 10.6 Å². The van der Waals surface area contributed by atoms with Crippen LogP contribution in [0.2, 0.25) is 0 Å². The number of aromatic nitrogens is 3. The van der Waals surface area contributed by atoms with Gasteiger partial charge in [-0.05, 0) is 44.4 Å². The molecule has 6 rings (SSSR count). The van der Waals surface area contributed by atoms with Gasteiger partial charge in [0.25, 0.3) is 0 Å². The van der Waals surface area contributed by atoms with E-state index in [1.165, 1.54) is 4.90 Å². The summed E-state index contributed by atoms with van der Waals surface area (Å²) in [5.41, 5.74) is 0.361. The largest absolute Gasteiger partial charge is 0.394 e. The Morgan fingerprint density at radius 2 is 1.85 bits per heavy atom. The summed E-state index contributed by atoms with van der Waals surface area (Å²) >= 11 is 0. The number of amides is 3. The molecular weight excluding hydrogens is 500 g/mol. The van der Waals surface area contributed by atoms with Crippen molar-refractivity contribution in [1.29, 1.82) is 0 Å². The van der Waals surface area contributed by atoms with Crippen molar-refractivity contribution in [2.45, 2.75) is 63.2 Å². The maximum atomic E-state index is 14.0. The van der Waals surface area contributed by atoms with E-state index in [1.807, 2.05) is 61.5 Å². The lowest BCUT2D eigenvalue weighted by molar-refractivity contribution is -0.149. The first-order valence-electron chi connectivity index (χ1n) is 13.3. The van der Waals surface area contributed by atoms with E-state index < -0.39 is 41.0 Å². The van der Waals surface area contributed by atoms with Crippen molar-refractivity contribution < 1.29 is 24.2 Å². The Morgan fingerprint density at radius 3 is 2.62 bits per heavy atom. The highest BCUT2D eigenvalue weighted by molar-refractivity contribution is 5.99. The number of carbonyl (C=O) groups is 3. The first kappa shape index (κ1) is 25.4. The van der Waals surface area contributed by atoms with Crippen molar-refractivity contribution >= 4 is 28.8 Å². The van der Waals surface area contributed by atoms with Crippen molar-refractivity contribution in [3.63, 3.8) is 0 Å². The van der Waals surface area contributed by atoms with Crippen LogP contribution in [0.4, 0.5) is 0 Å². The molecule has 11 nitrogen and oxygen atoms in total. The lowest BCUT2D eigenvalue weighted by atomic mass is 9.66. The molecule has 39 heavy (non-hydrogen) atoms. The minimum absolute atomic E-state index is 0.0460. The number of nitrogens with zero attached hydrogens (tertiary/aromatic N) is 4. The van der Waals surface area contributed by atoms with Gasteiger partial charge in [0.05, 0.1) is 35.6 Å². The number of aliphatic hydroxyl groups is 1. The van der Waals surface area contributed by atoms with Crippen LogP contribution in [0.15, 0.2) is 54.6 Å². The summed E-state index contributed by atoms with van der Waals surface area (Å²) in [6.45, 7) is 3.60. The van der Waals surface area contributed by atoms with Crippen LogP contribution in [0.25, 0.3) is 11.0 Å². The Kier molecular flexibility index (Phi) is 6.15. The average Bonchev–Trinajstić information content (AvgIpc) is 3.66. The van der Waals surface area contributed by atoms with Gasteiger partial charge in [0.15, 0.2) is 0 Å². The molecule has 0 aliphatic carbocycles. The highest BCUT2D eigenvalue weighted by Gasteiger charge is 2.78. The lowest BCUT2D eigenvalue weighted by Gasteiger charge is -2.35. The second kappa shape index (κ2) is 9.42. The van der Waals surface area contributed by atoms with Crippen LogP contribution in [-0.4, -0.2) is 72.6 Å². The van der Waals surface area contributed by atoms with E-state index in [-0.39, 0.29) is 25.1 Å². The zero-order chi connectivity index (χ0) is 27.4. The number of hydrogen-bond acceptors (Lipinski definition) is 7. The molecule has 3 N–H and O–H groups in total. The van der Waals surface area contributed by atoms with Crippen molar-refractivity contribution in [2.24, 2.45) is 11.8 Å². The Labute approximate surface area is 225 Å². The first-order chi connectivity index (χ1) is 18.8. The molecule has 2 unspecified atom stereocenters. The zero-order valence-corrected chi connectivity index (χ0v) is 21.9. The van der Waals surface area contributed by atoms with E-state index in [0.717, 1.165) is 11.1 Å².